The van der Waals surface area contributed by atoms with Gasteiger partial charge in [-0.15, -0.1) is 34.2 Å². The molecule has 0 amide bonds. The van der Waals surface area contributed by atoms with Crippen LogP contribution in [0.15, 0.2) is 40.9 Å². The van der Waals surface area contributed by atoms with Crippen LogP contribution in [0.3, 0.4) is 0 Å². The van der Waals surface area contributed by atoms with Gasteiger partial charge < -0.3 is 14.8 Å². The summed E-state index contributed by atoms with van der Waals surface area (Å²) in [6.45, 7) is 7.67. The summed E-state index contributed by atoms with van der Waals surface area (Å²) in [4.78, 5) is 7.24. The second kappa shape index (κ2) is 11.9. The molecule has 1 aromatic heterocycles. The number of aromatic nitrogens is 3. The molecule has 1 saturated heterocycles. The molecule has 1 aliphatic heterocycles. The van der Waals surface area contributed by atoms with E-state index in [0.29, 0.717) is 6.54 Å². The average Bonchev–Trinajstić information content (AvgIpc) is 3.04. The number of rotatable bonds is 6. The Morgan fingerprint density at radius 1 is 1.17 bits per heavy atom. The van der Waals surface area contributed by atoms with E-state index < -0.39 is 0 Å². The van der Waals surface area contributed by atoms with Gasteiger partial charge in [-0.2, -0.15) is 0 Å². The van der Waals surface area contributed by atoms with Crippen molar-refractivity contribution in [2.24, 2.45) is 12.0 Å². The Labute approximate surface area is 191 Å². The van der Waals surface area contributed by atoms with E-state index in [2.05, 4.69) is 63.7 Å². The monoisotopic (exact) mass is 508 g/mol. The molecule has 0 saturated carbocycles. The third kappa shape index (κ3) is 6.83. The van der Waals surface area contributed by atoms with Crippen LogP contribution in [-0.2, 0) is 13.6 Å². The van der Waals surface area contributed by atoms with E-state index >= 15 is 0 Å². The van der Waals surface area contributed by atoms with Gasteiger partial charge in [0, 0.05) is 26.7 Å². The number of hydrogen-bond acceptors (Lipinski definition) is 3. The van der Waals surface area contributed by atoms with Gasteiger partial charge in [0.25, 0.3) is 0 Å². The molecular formula is C22H33IN6. The van der Waals surface area contributed by atoms with Crippen molar-refractivity contribution in [3.8, 4) is 0 Å². The highest BCUT2D eigenvalue weighted by Gasteiger charge is 2.18. The normalized spacial score (nSPS) is 14.5. The number of nitrogens with one attached hydrogen (secondary N) is 1. The van der Waals surface area contributed by atoms with E-state index in [1.54, 1.807) is 0 Å². The number of nitrogens with zero attached hydrogens (tertiary/aromatic N) is 5. The molecule has 1 N–H and O–H groups in total. The zero-order valence-electron chi connectivity index (χ0n) is 17.8. The van der Waals surface area contributed by atoms with Gasteiger partial charge in [-0.1, -0.05) is 55.3 Å². The quantitative estimate of drug-likeness (QED) is 0.276. The minimum Gasteiger partial charge on any atom is -0.356 e. The van der Waals surface area contributed by atoms with Crippen LogP contribution in [-0.4, -0.2) is 45.3 Å². The van der Waals surface area contributed by atoms with Crippen molar-refractivity contribution in [1.29, 1.82) is 0 Å². The molecule has 3 rings (SSSR count). The molecule has 1 aliphatic rings. The zero-order chi connectivity index (χ0) is 19.8. The first-order valence-electron chi connectivity index (χ1n) is 10.3. The Hall–Kier alpha value is -1.90. The number of guanidine groups is 1. The van der Waals surface area contributed by atoms with Crippen molar-refractivity contribution in [3.63, 3.8) is 0 Å². The zero-order valence-corrected chi connectivity index (χ0v) is 20.1. The molecule has 0 unspecified atom stereocenters. The van der Waals surface area contributed by atoms with E-state index in [9.17, 15) is 0 Å². The molecule has 2 aromatic rings. The predicted molar refractivity (Wildman–Crippen MR) is 130 cm³/mol. The largest absolute Gasteiger partial charge is 0.356 e. The maximum absolute atomic E-state index is 4.86. The lowest BCUT2D eigenvalue weighted by atomic mass is 10.0. The molecular weight excluding hydrogens is 475 g/mol. The van der Waals surface area contributed by atoms with Gasteiger partial charge in [-0.05, 0) is 31.7 Å². The molecule has 29 heavy (non-hydrogen) atoms. The molecule has 158 valence electrons. The van der Waals surface area contributed by atoms with Crippen molar-refractivity contribution < 1.29 is 0 Å². The van der Waals surface area contributed by atoms with E-state index in [-0.39, 0.29) is 24.0 Å². The number of benzene rings is 1. The summed E-state index contributed by atoms with van der Waals surface area (Å²) in [6.07, 6.45) is 6.81. The number of aryl methyl sites for hydroxylation is 1. The molecule has 0 atom stereocenters. The van der Waals surface area contributed by atoms with Crippen molar-refractivity contribution in [2.75, 3.05) is 19.6 Å². The Balaban J connectivity index is 0.00000300. The highest BCUT2D eigenvalue weighted by atomic mass is 127. The second-order valence-corrected chi connectivity index (χ2v) is 7.34. The summed E-state index contributed by atoms with van der Waals surface area (Å²) >= 11 is 0. The van der Waals surface area contributed by atoms with E-state index in [1.165, 1.54) is 17.6 Å². The number of hydrogen-bond donors (Lipinski definition) is 1. The topological polar surface area (TPSA) is 58.3 Å². The molecule has 0 bridgehead atoms. The summed E-state index contributed by atoms with van der Waals surface area (Å²) < 4.78 is 2.00. The van der Waals surface area contributed by atoms with Gasteiger partial charge >= 0.3 is 0 Å². The van der Waals surface area contributed by atoms with Crippen LogP contribution in [0.2, 0.25) is 0 Å². The van der Waals surface area contributed by atoms with Crippen LogP contribution >= 0.6 is 24.0 Å². The van der Waals surface area contributed by atoms with Gasteiger partial charge in [-0.25, -0.2) is 4.99 Å². The summed E-state index contributed by atoms with van der Waals surface area (Å²) in [5.74, 6) is 2.81. The fourth-order valence-electron chi connectivity index (χ4n) is 3.31. The van der Waals surface area contributed by atoms with Crippen molar-refractivity contribution in [2.45, 2.75) is 46.1 Å². The summed E-state index contributed by atoms with van der Waals surface area (Å²) in [5.41, 5.74) is 2.80. The summed E-state index contributed by atoms with van der Waals surface area (Å²) in [5, 5.41) is 11.9. The van der Waals surface area contributed by atoms with Crippen molar-refractivity contribution in [1.82, 2.24) is 25.0 Å². The minimum absolute atomic E-state index is 0. The first-order valence-corrected chi connectivity index (χ1v) is 10.3. The SMILES string of the molecule is CCCCNC(=NCc1nnc(C)n1C)N1CCC(=Cc2ccccc2)CC1.I. The first-order chi connectivity index (χ1) is 13.7. The molecule has 2 heterocycles. The summed E-state index contributed by atoms with van der Waals surface area (Å²) in [7, 11) is 1.99. The van der Waals surface area contributed by atoms with Crippen molar-refractivity contribution >= 4 is 36.0 Å². The first kappa shape index (κ1) is 23.4. The third-order valence-corrected chi connectivity index (χ3v) is 5.24. The Kier molecular flexibility index (Phi) is 9.63. The van der Waals surface area contributed by atoms with E-state index in [0.717, 1.165) is 56.5 Å². The number of halogens is 1. The standard InChI is InChI=1S/C22H32N6.HI/c1-4-5-13-23-22(24-17-21-26-25-18(2)27(21)3)28-14-11-20(12-15-28)16-19-9-7-6-8-10-19;/h6-10,16H,4-5,11-15,17H2,1-3H3,(H,23,24);1H. The Morgan fingerprint density at radius 2 is 1.90 bits per heavy atom. The van der Waals surface area contributed by atoms with Crippen molar-refractivity contribution in [3.05, 3.63) is 53.1 Å². The Morgan fingerprint density at radius 3 is 2.52 bits per heavy atom. The van der Waals surface area contributed by atoms with Crippen LogP contribution in [0.4, 0.5) is 0 Å². The second-order valence-electron chi connectivity index (χ2n) is 7.34. The molecule has 0 radical (unpaired) electrons. The highest BCUT2D eigenvalue weighted by molar-refractivity contribution is 14.0. The average molecular weight is 508 g/mol. The van der Waals surface area contributed by atoms with Gasteiger partial charge in [-0.3, -0.25) is 0 Å². The highest BCUT2D eigenvalue weighted by Crippen LogP contribution is 2.19. The maximum atomic E-state index is 4.86. The number of unbranched alkanes of at least 4 members (excludes halogenated alkanes) is 1. The smallest absolute Gasteiger partial charge is 0.194 e. The number of likely N-dealkylation sites (tertiary alicyclic amines) is 1. The van der Waals surface area contributed by atoms with E-state index in [4.69, 9.17) is 4.99 Å². The molecule has 6 nitrogen and oxygen atoms in total. The van der Waals surface area contributed by atoms with Gasteiger partial charge in [0.05, 0.1) is 0 Å². The fraction of sp³-hybridized carbons (Fsp3) is 0.500. The lowest BCUT2D eigenvalue weighted by Gasteiger charge is -2.31. The van der Waals surface area contributed by atoms with E-state index in [1.807, 2.05) is 18.5 Å². The number of piperidine rings is 1. The third-order valence-electron chi connectivity index (χ3n) is 5.24. The van der Waals surface area contributed by atoms with Crippen LogP contribution in [0.5, 0.6) is 0 Å². The Bertz CT molecular complexity index is 802. The molecule has 7 heteroatoms. The van der Waals surface area contributed by atoms with Crippen LogP contribution < -0.4 is 5.32 Å². The molecule has 0 spiro atoms. The number of aliphatic imine (C=N–C) groups is 1. The predicted octanol–water partition coefficient (Wildman–Crippen LogP) is 4.17. The van der Waals surface area contributed by atoms with Crippen LogP contribution in [0, 0.1) is 6.92 Å². The van der Waals surface area contributed by atoms with Gasteiger partial charge in [0.15, 0.2) is 11.8 Å². The van der Waals surface area contributed by atoms with Crippen LogP contribution in [0.25, 0.3) is 6.08 Å². The van der Waals surface area contributed by atoms with Crippen LogP contribution in [0.1, 0.15) is 49.8 Å². The van der Waals surface area contributed by atoms with Gasteiger partial charge in [0.1, 0.15) is 12.4 Å². The lowest BCUT2D eigenvalue weighted by molar-refractivity contribution is 0.374. The van der Waals surface area contributed by atoms with Gasteiger partial charge in [0.2, 0.25) is 0 Å². The fourth-order valence-corrected chi connectivity index (χ4v) is 3.31. The molecule has 0 aliphatic carbocycles. The lowest BCUT2D eigenvalue weighted by Crippen LogP contribution is -2.44. The summed E-state index contributed by atoms with van der Waals surface area (Å²) in [6, 6.07) is 10.6. The molecule has 1 aromatic carbocycles. The maximum Gasteiger partial charge on any atom is 0.194 e. The molecule has 1 fully saturated rings. The minimum atomic E-state index is 0.